The summed E-state index contributed by atoms with van der Waals surface area (Å²) in [5.74, 6) is -0.727. The number of carbonyl (C=O) groups excluding carboxylic acids is 1. The third kappa shape index (κ3) is 11.3. The molecule has 0 spiro atoms. The monoisotopic (exact) mass is 882 g/mol. The third-order valence-electron chi connectivity index (χ3n) is 12.7. The smallest absolute Gasteiger partial charge is 0.410 e. The zero-order valence-electron chi connectivity index (χ0n) is 36.8. The van der Waals surface area contributed by atoms with E-state index in [2.05, 4.69) is 23.6 Å². The van der Waals surface area contributed by atoms with Gasteiger partial charge in [-0.1, -0.05) is 60.5 Å². The molecule has 2 N–H and O–H groups in total. The summed E-state index contributed by atoms with van der Waals surface area (Å²) < 4.78 is 32.2. The summed E-state index contributed by atoms with van der Waals surface area (Å²) in [6, 6.07) is 21.1. The number of amides is 1. The van der Waals surface area contributed by atoms with Crippen molar-refractivity contribution in [3.63, 3.8) is 0 Å². The van der Waals surface area contributed by atoms with E-state index in [0.717, 1.165) is 67.8 Å². The average molecular weight is 883 g/mol. The number of unbranched alkanes of at least 4 members (excludes halogenated alkanes) is 2. The van der Waals surface area contributed by atoms with Gasteiger partial charge in [0, 0.05) is 69.9 Å². The van der Waals surface area contributed by atoms with Gasteiger partial charge in [0.25, 0.3) is 5.69 Å². The van der Waals surface area contributed by atoms with Crippen LogP contribution in [0.1, 0.15) is 67.6 Å². The number of nitrogens with zero attached hydrogens (tertiary/aromatic N) is 4. The number of rotatable bonds is 25. The first-order valence-corrected chi connectivity index (χ1v) is 22.6. The molecule has 2 aliphatic carbocycles. The number of aliphatic hydroxyl groups excluding tert-OH is 2. The number of allylic oxidation sites excluding steroid dienone is 1. The van der Waals surface area contributed by atoms with E-state index in [-0.39, 0.29) is 69.5 Å². The second kappa shape index (κ2) is 22.5. The van der Waals surface area contributed by atoms with Crippen molar-refractivity contribution in [3.8, 4) is 11.5 Å². The molecule has 0 radical (unpaired) electrons. The van der Waals surface area contributed by atoms with Gasteiger partial charge in [-0.3, -0.25) is 15.0 Å². The van der Waals surface area contributed by atoms with Gasteiger partial charge < -0.3 is 43.6 Å². The molecule has 15 nitrogen and oxygen atoms in total. The van der Waals surface area contributed by atoms with E-state index in [1.165, 1.54) is 17.0 Å². The molecule has 7 rings (SSSR count). The standard InChI is InChI=1S/C49H62N4O11/c1-3-26-62-49-45(51(2)48(56)61-29-28-59-33-35-11-5-4-6-12-35)32-43(50-63-34-36-15-17-38(18-16-36)53(57)58)41-30-37(13-7-9-24-54)40(14-8-10-25-55)46(47(41)49)42-31-39(19-20-44(42)64-49)60-27-23-52-21-22-52/h3-6,11-12,15-20,30-31,37,40,45-47,54-55H,1,7-10,13-14,21-29,32-34H2,2H3. The Labute approximate surface area is 375 Å². The van der Waals surface area contributed by atoms with Crippen LogP contribution in [-0.4, -0.2) is 115 Å². The molecule has 2 fully saturated rings. The minimum atomic E-state index is -1.44. The van der Waals surface area contributed by atoms with Gasteiger partial charge in [-0.05, 0) is 84.6 Å². The first kappa shape index (κ1) is 46.7. The SMILES string of the molecule is C=CCOC12Oc3ccc(OCCN4CC4)cc3C3C(CCCCO)C(CCCCO)C=C(C(=NOCc4ccc([N+](=O)[O-])cc4)CC1N(C)C(=O)OCCOCc1ccccc1)C32. The summed E-state index contributed by atoms with van der Waals surface area (Å²) in [7, 11) is 1.68. The van der Waals surface area contributed by atoms with Crippen LogP contribution in [0.25, 0.3) is 0 Å². The minimum Gasteiger partial charge on any atom is -0.492 e. The van der Waals surface area contributed by atoms with Gasteiger partial charge in [0.2, 0.25) is 5.79 Å². The Morgan fingerprint density at radius 1 is 0.984 bits per heavy atom. The zero-order chi connectivity index (χ0) is 44.9. The van der Waals surface area contributed by atoms with Crippen molar-refractivity contribution in [2.45, 2.75) is 75.9 Å². The van der Waals surface area contributed by atoms with E-state index in [9.17, 15) is 25.1 Å². The van der Waals surface area contributed by atoms with Gasteiger partial charge in [-0.15, -0.1) is 6.58 Å². The lowest BCUT2D eigenvalue weighted by molar-refractivity contribution is -0.384. The Hall–Kier alpha value is -5.32. The first-order valence-electron chi connectivity index (χ1n) is 22.6. The molecule has 0 aromatic heterocycles. The summed E-state index contributed by atoms with van der Waals surface area (Å²) in [5, 5.41) is 36.0. The quantitative estimate of drug-likeness (QED) is 0.0284. The molecule has 3 aromatic carbocycles. The van der Waals surface area contributed by atoms with E-state index in [1.54, 1.807) is 25.3 Å². The minimum absolute atomic E-state index is 0.0203. The number of ether oxygens (including phenoxy) is 5. The first-order chi connectivity index (χ1) is 31.3. The van der Waals surface area contributed by atoms with E-state index in [0.29, 0.717) is 43.1 Å². The molecule has 15 heteroatoms. The van der Waals surface area contributed by atoms with Gasteiger partial charge in [-0.25, -0.2) is 4.79 Å². The van der Waals surface area contributed by atoms with Crippen molar-refractivity contribution in [1.29, 1.82) is 0 Å². The van der Waals surface area contributed by atoms with Crippen LogP contribution in [0.4, 0.5) is 10.5 Å². The fourth-order valence-electron chi connectivity index (χ4n) is 9.48. The van der Waals surface area contributed by atoms with Crippen LogP contribution in [0.3, 0.4) is 0 Å². The maximum Gasteiger partial charge on any atom is 0.410 e. The molecule has 1 amide bonds. The number of nitro benzene ring substituents is 1. The van der Waals surface area contributed by atoms with Crippen molar-refractivity contribution in [2.24, 2.45) is 22.9 Å². The summed E-state index contributed by atoms with van der Waals surface area (Å²) in [6.45, 7) is 8.46. The summed E-state index contributed by atoms with van der Waals surface area (Å²) >= 11 is 0. The third-order valence-corrected chi connectivity index (χ3v) is 12.7. The fourth-order valence-corrected chi connectivity index (χ4v) is 9.48. The van der Waals surface area contributed by atoms with Crippen molar-refractivity contribution in [3.05, 3.63) is 124 Å². The lowest BCUT2D eigenvalue weighted by Gasteiger charge is -2.59. The maximum atomic E-state index is 14.2. The Morgan fingerprint density at radius 3 is 2.45 bits per heavy atom. The van der Waals surface area contributed by atoms with Crippen molar-refractivity contribution < 1.29 is 48.5 Å². The molecule has 6 unspecified atom stereocenters. The van der Waals surface area contributed by atoms with Crippen LogP contribution < -0.4 is 9.47 Å². The lowest BCUT2D eigenvalue weighted by atomic mass is 9.55. The summed E-state index contributed by atoms with van der Waals surface area (Å²) in [4.78, 5) is 35.0. The number of hydrogen-bond donors (Lipinski definition) is 2. The van der Waals surface area contributed by atoms with Gasteiger partial charge >= 0.3 is 6.09 Å². The highest BCUT2D eigenvalue weighted by atomic mass is 16.7. The molecule has 4 aliphatic rings. The molecule has 0 bridgehead atoms. The van der Waals surface area contributed by atoms with Gasteiger partial charge in [0.1, 0.15) is 37.4 Å². The van der Waals surface area contributed by atoms with E-state index < -0.39 is 28.8 Å². The van der Waals surface area contributed by atoms with Crippen molar-refractivity contribution in [1.82, 2.24) is 9.80 Å². The second-order valence-electron chi connectivity index (χ2n) is 16.9. The number of benzene rings is 3. The molecule has 1 saturated heterocycles. The largest absolute Gasteiger partial charge is 0.492 e. The molecule has 3 aromatic rings. The van der Waals surface area contributed by atoms with E-state index in [1.807, 2.05) is 42.5 Å². The number of fused-ring (bicyclic) bond motifs is 2. The van der Waals surface area contributed by atoms with Gasteiger partial charge in [0.15, 0.2) is 0 Å². The predicted molar refractivity (Wildman–Crippen MR) is 240 cm³/mol. The molecule has 2 aliphatic heterocycles. The molecule has 2 heterocycles. The number of nitro groups is 1. The van der Waals surface area contributed by atoms with Gasteiger partial charge in [0.05, 0.1) is 36.4 Å². The Balaban J connectivity index is 1.29. The highest BCUT2D eigenvalue weighted by Crippen LogP contribution is 2.61. The van der Waals surface area contributed by atoms with Crippen LogP contribution in [0, 0.1) is 27.9 Å². The number of oxime groups is 1. The molecule has 64 heavy (non-hydrogen) atoms. The van der Waals surface area contributed by atoms with Crippen molar-refractivity contribution in [2.75, 3.05) is 66.3 Å². The van der Waals surface area contributed by atoms with Gasteiger partial charge in [-0.2, -0.15) is 0 Å². The molecule has 344 valence electrons. The highest BCUT2D eigenvalue weighted by Gasteiger charge is 2.65. The average Bonchev–Trinajstić information content (AvgIpc) is 4.14. The number of hydrogen-bond acceptors (Lipinski definition) is 13. The van der Waals surface area contributed by atoms with Crippen LogP contribution in [0.5, 0.6) is 11.5 Å². The number of aliphatic hydroxyl groups is 2. The van der Waals surface area contributed by atoms with Crippen molar-refractivity contribution >= 4 is 17.5 Å². The van der Waals surface area contributed by atoms with E-state index >= 15 is 0 Å². The number of non-ortho nitro benzene ring substituents is 1. The molecule has 6 atom stereocenters. The Morgan fingerprint density at radius 2 is 1.73 bits per heavy atom. The summed E-state index contributed by atoms with van der Waals surface area (Å²) in [5.41, 5.74) is 4.15. The van der Waals surface area contributed by atoms with Crippen LogP contribution in [-0.2, 0) is 32.3 Å². The van der Waals surface area contributed by atoms with Crippen LogP contribution in [0.2, 0.25) is 0 Å². The topological polar surface area (TPSA) is 175 Å². The molecular formula is C49H62N4O11. The van der Waals surface area contributed by atoms with Crippen LogP contribution in [0.15, 0.2) is 102 Å². The maximum absolute atomic E-state index is 14.2. The Bertz CT molecular complexity index is 2080. The number of carbonyl (C=O) groups is 1. The zero-order valence-corrected chi connectivity index (χ0v) is 36.8. The van der Waals surface area contributed by atoms with E-state index in [4.69, 9.17) is 33.7 Å². The Kier molecular flexibility index (Phi) is 16.4. The second-order valence-corrected chi connectivity index (χ2v) is 16.9. The summed E-state index contributed by atoms with van der Waals surface area (Å²) in [6.07, 6.45) is 8.02. The highest BCUT2D eigenvalue weighted by molar-refractivity contribution is 6.03. The van der Waals surface area contributed by atoms with Crippen LogP contribution >= 0.6 is 0 Å². The molecule has 1 saturated carbocycles. The molecular weight excluding hydrogens is 821 g/mol. The lowest BCUT2D eigenvalue weighted by Crippen LogP contribution is -2.69. The number of likely N-dealkylation sites (N-methyl/N-ethyl adjacent to an activating group) is 1. The normalized spacial score (nSPS) is 23.8. The predicted octanol–water partition coefficient (Wildman–Crippen LogP) is 7.41. The fraction of sp³-hybridized carbons (Fsp3) is 0.510.